The predicted molar refractivity (Wildman–Crippen MR) is 74.3 cm³/mol. The van der Waals surface area contributed by atoms with E-state index in [4.69, 9.17) is 0 Å². The lowest BCUT2D eigenvalue weighted by Crippen LogP contribution is -2.18. The van der Waals surface area contributed by atoms with Gasteiger partial charge in [0.25, 0.3) is 0 Å². The van der Waals surface area contributed by atoms with Gasteiger partial charge in [0, 0.05) is 17.7 Å². The average molecular weight is 249 g/mol. The Balaban J connectivity index is 2.70. The molecule has 0 aromatic heterocycles. The summed E-state index contributed by atoms with van der Waals surface area (Å²) in [5, 5.41) is 12.5. The largest absolute Gasteiger partial charge is 0.389 e. The van der Waals surface area contributed by atoms with Crippen molar-refractivity contribution >= 4 is 11.6 Å². The summed E-state index contributed by atoms with van der Waals surface area (Å²) in [5.41, 5.74) is 1.46. The normalized spacial score (nSPS) is 14.3. The minimum atomic E-state index is -0.580. The fourth-order valence-electron chi connectivity index (χ4n) is 1.70. The molecule has 0 saturated carbocycles. The standard InChI is InChI=1S/C15H23NO2/c1-10(2)11(3)9-15(18)16-14-8-6-5-7-13(14)12(4)17/h5-8,10-12,17H,9H2,1-4H3,(H,16,18). The van der Waals surface area contributed by atoms with Gasteiger partial charge in [0.2, 0.25) is 5.91 Å². The third kappa shape index (κ3) is 4.15. The molecule has 1 aromatic rings. The maximum Gasteiger partial charge on any atom is 0.224 e. The van der Waals surface area contributed by atoms with Gasteiger partial charge in [-0.2, -0.15) is 0 Å². The van der Waals surface area contributed by atoms with Crippen molar-refractivity contribution in [3.63, 3.8) is 0 Å². The maximum atomic E-state index is 11.9. The third-order valence-corrected chi connectivity index (χ3v) is 3.33. The molecule has 0 saturated heterocycles. The number of para-hydroxylation sites is 1. The van der Waals surface area contributed by atoms with Gasteiger partial charge in [0.15, 0.2) is 0 Å². The van der Waals surface area contributed by atoms with Crippen LogP contribution in [0, 0.1) is 11.8 Å². The Labute approximate surface area is 109 Å². The molecule has 0 radical (unpaired) electrons. The van der Waals surface area contributed by atoms with Gasteiger partial charge in [-0.05, 0) is 24.8 Å². The average Bonchev–Trinajstić information content (AvgIpc) is 2.28. The van der Waals surface area contributed by atoms with Crippen LogP contribution in [0.4, 0.5) is 5.69 Å². The highest BCUT2D eigenvalue weighted by atomic mass is 16.3. The number of amides is 1. The van der Waals surface area contributed by atoms with E-state index in [0.29, 0.717) is 23.9 Å². The number of rotatable bonds is 5. The fraction of sp³-hybridized carbons (Fsp3) is 0.533. The Hall–Kier alpha value is -1.35. The molecule has 0 aliphatic rings. The molecule has 2 N–H and O–H groups in total. The molecule has 1 rings (SSSR count). The van der Waals surface area contributed by atoms with E-state index in [-0.39, 0.29) is 5.91 Å². The summed E-state index contributed by atoms with van der Waals surface area (Å²) in [5.74, 6) is 0.843. The molecule has 0 heterocycles. The first-order valence-electron chi connectivity index (χ1n) is 6.48. The first kappa shape index (κ1) is 14.7. The van der Waals surface area contributed by atoms with Crippen molar-refractivity contribution in [3.8, 4) is 0 Å². The summed E-state index contributed by atoms with van der Waals surface area (Å²) in [6.45, 7) is 8.00. The van der Waals surface area contributed by atoms with Gasteiger partial charge < -0.3 is 10.4 Å². The van der Waals surface area contributed by atoms with Crippen molar-refractivity contribution in [2.24, 2.45) is 11.8 Å². The van der Waals surface area contributed by atoms with Crippen LogP contribution in [0.3, 0.4) is 0 Å². The van der Waals surface area contributed by atoms with Gasteiger partial charge in [-0.15, -0.1) is 0 Å². The Morgan fingerprint density at radius 1 is 1.22 bits per heavy atom. The minimum Gasteiger partial charge on any atom is -0.389 e. The first-order chi connectivity index (χ1) is 8.41. The van der Waals surface area contributed by atoms with Gasteiger partial charge >= 0.3 is 0 Å². The molecule has 1 aromatic carbocycles. The summed E-state index contributed by atoms with van der Waals surface area (Å²) >= 11 is 0. The van der Waals surface area contributed by atoms with E-state index < -0.39 is 6.10 Å². The Morgan fingerprint density at radius 3 is 2.39 bits per heavy atom. The molecule has 0 aliphatic carbocycles. The lowest BCUT2D eigenvalue weighted by atomic mass is 9.94. The van der Waals surface area contributed by atoms with E-state index in [2.05, 4.69) is 26.1 Å². The van der Waals surface area contributed by atoms with Crippen molar-refractivity contribution in [3.05, 3.63) is 29.8 Å². The molecule has 0 bridgehead atoms. The van der Waals surface area contributed by atoms with Crippen LogP contribution in [0.5, 0.6) is 0 Å². The summed E-state index contributed by atoms with van der Waals surface area (Å²) in [6, 6.07) is 7.36. The number of carbonyl (C=O) groups excluding carboxylic acids is 1. The molecule has 0 aliphatic heterocycles. The van der Waals surface area contributed by atoms with Gasteiger partial charge in [0.05, 0.1) is 6.10 Å². The lowest BCUT2D eigenvalue weighted by molar-refractivity contribution is -0.117. The van der Waals surface area contributed by atoms with E-state index in [1.165, 1.54) is 0 Å². The van der Waals surface area contributed by atoms with E-state index in [1.54, 1.807) is 6.92 Å². The molecule has 0 spiro atoms. The van der Waals surface area contributed by atoms with Crippen LogP contribution in [0.1, 0.15) is 45.8 Å². The number of nitrogens with one attached hydrogen (secondary N) is 1. The second kappa shape index (κ2) is 6.55. The number of hydrogen-bond donors (Lipinski definition) is 2. The highest BCUT2D eigenvalue weighted by Gasteiger charge is 2.14. The minimum absolute atomic E-state index is 0.00398. The Morgan fingerprint density at radius 2 is 1.83 bits per heavy atom. The second-order valence-electron chi connectivity index (χ2n) is 5.24. The third-order valence-electron chi connectivity index (χ3n) is 3.33. The van der Waals surface area contributed by atoms with Gasteiger partial charge in [-0.1, -0.05) is 39.0 Å². The fourth-order valence-corrected chi connectivity index (χ4v) is 1.70. The summed E-state index contributed by atoms with van der Waals surface area (Å²) in [7, 11) is 0. The highest BCUT2D eigenvalue weighted by molar-refractivity contribution is 5.91. The monoisotopic (exact) mass is 249 g/mol. The van der Waals surface area contributed by atoms with Crippen LogP contribution in [-0.2, 0) is 4.79 Å². The number of benzene rings is 1. The number of hydrogen-bond acceptors (Lipinski definition) is 2. The van der Waals surface area contributed by atoms with Gasteiger partial charge in [-0.25, -0.2) is 0 Å². The van der Waals surface area contributed by atoms with Crippen LogP contribution >= 0.6 is 0 Å². The van der Waals surface area contributed by atoms with Crippen LogP contribution in [0.25, 0.3) is 0 Å². The molecular weight excluding hydrogens is 226 g/mol. The van der Waals surface area contributed by atoms with Gasteiger partial charge in [-0.3, -0.25) is 4.79 Å². The Kier molecular flexibility index (Phi) is 5.35. The molecular formula is C15H23NO2. The molecule has 0 fully saturated rings. The quantitative estimate of drug-likeness (QED) is 0.840. The zero-order valence-electron chi connectivity index (χ0n) is 11.6. The van der Waals surface area contributed by atoms with E-state index in [9.17, 15) is 9.90 Å². The van der Waals surface area contributed by atoms with Crippen LogP contribution < -0.4 is 5.32 Å². The molecule has 3 heteroatoms. The van der Waals surface area contributed by atoms with Crippen molar-refractivity contribution in [1.29, 1.82) is 0 Å². The Bertz CT molecular complexity index is 399. The predicted octanol–water partition coefficient (Wildman–Crippen LogP) is 3.36. The van der Waals surface area contributed by atoms with E-state index >= 15 is 0 Å². The number of aliphatic hydroxyl groups is 1. The SMILES string of the molecule is CC(O)c1ccccc1NC(=O)CC(C)C(C)C. The zero-order valence-corrected chi connectivity index (χ0v) is 11.6. The van der Waals surface area contributed by atoms with Crippen molar-refractivity contribution in [2.45, 2.75) is 40.2 Å². The van der Waals surface area contributed by atoms with E-state index in [0.717, 1.165) is 5.56 Å². The van der Waals surface area contributed by atoms with Crippen molar-refractivity contribution in [1.82, 2.24) is 0 Å². The highest BCUT2D eigenvalue weighted by Crippen LogP contribution is 2.23. The molecule has 2 unspecified atom stereocenters. The van der Waals surface area contributed by atoms with Crippen molar-refractivity contribution < 1.29 is 9.90 Å². The first-order valence-corrected chi connectivity index (χ1v) is 6.48. The van der Waals surface area contributed by atoms with Gasteiger partial charge in [0.1, 0.15) is 0 Å². The zero-order chi connectivity index (χ0) is 13.7. The van der Waals surface area contributed by atoms with E-state index in [1.807, 2.05) is 24.3 Å². The number of aliphatic hydroxyl groups excluding tert-OH is 1. The van der Waals surface area contributed by atoms with Crippen molar-refractivity contribution in [2.75, 3.05) is 5.32 Å². The summed E-state index contributed by atoms with van der Waals surface area (Å²) < 4.78 is 0. The summed E-state index contributed by atoms with van der Waals surface area (Å²) in [6.07, 6.45) is -0.0738. The maximum absolute atomic E-state index is 11.9. The lowest BCUT2D eigenvalue weighted by Gasteiger charge is -2.17. The summed E-state index contributed by atoms with van der Waals surface area (Å²) in [4.78, 5) is 11.9. The smallest absolute Gasteiger partial charge is 0.224 e. The number of anilines is 1. The molecule has 2 atom stereocenters. The van der Waals surface area contributed by atoms with Crippen LogP contribution in [-0.4, -0.2) is 11.0 Å². The van der Waals surface area contributed by atoms with Crippen LogP contribution in [0.2, 0.25) is 0 Å². The van der Waals surface area contributed by atoms with Crippen LogP contribution in [0.15, 0.2) is 24.3 Å². The topological polar surface area (TPSA) is 49.3 Å². The molecule has 1 amide bonds. The number of carbonyl (C=O) groups is 1. The molecule has 18 heavy (non-hydrogen) atoms. The molecule has 100 valence electrons. The second-order valence-corrected chi connectivity index (χ2v) is 5.24. The molecule has 3 nitrogen and oxygen atoms in total.